The summed E-state index contributed by atoms with van der Waals surface area (Å²) in [7, 11) is 0.870. The minimum absolute atomic E-state index is 0.00736. The topological polar surface area (TPSA) is 370 Å². The van der Waals surface area contributed by atoms with Gasteiger partial charge < -0.3 is 82.9 Å². The summed E-state index contributed by atoms with van der Waals surface area (Å²) in [6, 6.07) is 26.8. The van der Waals surface area contributed by atoms with Crippen LogP contribution in [0.25, 0.3) is 10.2 Å². The molecule has 2 amide bonds. The van der Waals surface area contributed by atoms with Crippen LogP contribution in [0.15, 0.2) is 114 Å². The van der Waals surface area contributed by atoms with Gasteiger partial charge in [-0.15, -0.1) is 11.3 Å². The fourth-order valence-corrected chi connectivity index (χ4v) is 13.7. The Morgan fingerprint density at radius 3 is 1.52 bits per heavy atom. The number of nitrogens with zero attached hydrogens (tertiary/aromatic N) is 1. The van der Waals surface area contributed by atoms with Gasteiger partial charge in [0.05, 0.1) is 29.1 Å². The quantitative estimate of drug-likeness (QED) is 0.0110. The number of aromatic nitrogens is 1. The number of sulfone groups is 1. The normalized spacial score (nSPS) is 22.2. The summed E-state index contributed by atoms with van der Waals surface area (Å²) < 4.78 is 83.4. The Morgan fingerprint density at radius 2 is 1.08 bits per heavy atom. The van der Waals surface area contributed by atoms with Crippen LogP contribution in [0.2, 0.25) is 0 Å². The van der Waals surface area contributed by atoms with Crippen LogP contribution >= 0.6 is 11.3 Å². The van der Waals surface area contributed by atoms with Crippen molar-refractivity contribution in [2.45, 2.75) is 211 Å². The third-order valence-corrected chi connectivity index (χ3v) is 19.5. The number of carbonyl (C=O) groups is 8. The lowest BCUT2D eigenvalue weighted by Gasteiger charge is -2.41. The zero-order valence-corrected chi connectivity index (χ0v) is 64.7. The molecule has 1 aromatic heterocycles. The van der Waals surface area contributed by atoms with Crippen molar-refractivity contribution >= 4 is 79.2 Å². The van der Waals surface area contributed by atoms with Crippen molar-refractivity contribution in [1.29, 1.82) is 0 Å². The van der Waals surface area contributed by atoms with Gasteiger partial charge in [0.2, 0.25) is 26.0 Å². The summed E-state index contributed by atoms with van der Waals surface area (Å²) in [5.74, 6) is -4.23. The van der Waals surface area contributed by atoms with Gasteiger partial charge in [0.1, 0.15) is 55.9 Å². The van der Waals surface area contributed by atoms with Crippen LogP contribution in [-0.4, -0.2) is 215 Å². The molecule has 4 aromatic rings. The number of hydrogen-bond donors (Lipinski definition) is 5. The van der Waals surface area contributed by atoms with Gasteiger partial charge in [-0.3, -0.25) is 24.0 Å². The number of esters is 4. The van der Waals surface area contributed by atoms with Crippen molar-refractivity contribution < 1.29 is 114 Å². The first-order valence-electron chi connectivity index (χ1n) is 35.1. The molecular weight excluding hydrogens is 1400 g/mol. The summed E-state index contributed by atoms with van der Waals surface area (Å²) in [5.41, 5.74) is 2.91. The van der Waals surface area contributed by atoms with E-state index >= 15 is 0 Å². The number of para-hydroxylation sites is 1. The molecule has 105 heavy (non-hydrogen) atoms. The highest BCUT2D eigenvalue weighted by Gasteiger charge is 2.57. The summed E-state index contributed by atoms with van der Waals surface area (Å²) >= 11 is 1.25. The highest BCUT2D eigenvalue weighted by molar-refractivity contribution is 7.93. The van der Waals surface area contributed by atoms with Crippen molar-refractivity contribution in [2.24, 2.45) is 29.6 Å². The maximum atomic E-state index is 12.6. The molecule has 29 heteroatoms. The SMILES string of the molecule is CC(C)C(=O)NCCOC(=O)CCc1ccccc1.CC(C)CS(=O)(=O)c1nc2ccccc2s1.CO[C@@H](C(=O)C[C@@H](C)C(=O)NCCOC(=O)CCc1ccccc1)[C@H](O)[C@@H](O)[C@H](O)/C=C/C(C)C.CO[C@H]1C(=O)O[C@@H]2[C@H]1OC(C)(C)O[C@@H]2/C=C/C(C)C.CO[C@H]1C(=O)O[C@@H]2[C@H]1OC(C)(C)O[C@@H]2C=O. The molecule has 4 fully saturated rings. The first kappa shape index (κ1) is 90.1. The van der Waals surface area contributed by atoms with Crippen LogP contribution in [0, 0.1) is 29.6 Å². The second-order valence-corrected chi connectivity index (χ2v) is 30.8. The Labute approximate surface area is 620 Å². The molecule has 0 spiro atoms. The van der Waals surface area contributed by atoms with Crippen molar-refractivity contribution in [2.75, 3.05) is 53.4 Å². The number of methoxy groups -OCH3 is 3. The van der Waals surface area contributed by atoms with Gasteiger partial charge in [0, 0.05) is 52.4 Å². The predicted octanol–water partition coefficient (Wildman–Crippen LogP) is 7.15. The molecule has 8 rings (SSSR count). The molecule has 0 radical (unpaired) electrons. The van der Waals surface area contributed by atoms with E-state index in [1.54, 1.807) is 19.9 Å². The van der Waals surface area contributed by atoms with E-state index < -0.39 is 112 Å². The Bertz CT molecular complexity index is 3510. The summed E-state index contributed by atoms with van der Waals surface area (Å²) in [6.07, 6.45) is -1.68. The smallest absolute Gasteiger partial charge is 0.338 e. The summed E-state index contributed by atoms with van der Waals surface area (Å²) in [5, 5.41) is 35.8. The van der Waals surface area contributed by atoms with Gasteiger partial charge in [-0.1, -0.05) is 159 Å². The number of ether oxygens (including phenoxy) is 11. The second-order valence-electron chi connectivity index (χ2n) is 27.6. The number of rotatable bonds is 31. The van der Waals surface area contributed by atoms with E-state index in [1.807, 2.05) is 152 Å². The fourth-order valence-electron chi connectivity index (χ4n) is 10.7. The third kappa shape index (κ3) is 30.5. The maximum absolute atomic E-state index is 12.6. The minimum Gasteiger partial charge on any atom is -0.464 e. The Morgan fingerprint density at radius 1 is 0.610 bits per heavy atom. The Balaban J connectivity index is 0.000000288. The number of allylic oxidation sites excluding steroid dienone is 2. The number of nitrogens with one attached hydrogen (secondary N) is 2. The largest absolute Gasteiger partial charge is 0.464 e. The molecule has 5 heterocycles. The van der Waals surface area contributed by atoms with Crippen molar-refractivity contribution in [1.82, 2.24) is 15.6 Å². The number of aliphatic hydroxyl groups is 3. The molecule has 0 bridgehead atoms. The number of hydrogen-bond acceptors (Lipinski definition) is 26. The lowest BCUT2D eigenvalue weighted by atomic mass is 9.94. The molecular formula is C76H109N3O24S2. The van der Waals surface area contributed by atoms with Crippen LogP contribution in [0.1, 0.15) is 120 Å². The molecule has 4 aliphatic heterocycles. The number of fused-ring (bicyclic) bond motifs is 3. The minimum atomic E-state index is -3.21. The number of Topliss-reactive ketones (excluding diaryl/α,β-unsaturated/α-hetero) is 1. The average molecular weight is 1510 g/mol. The number of aryl methyl sites for hydroxylation is 2. The molecule has 13 atom stereocenters. The zero-order chi connectivity index (χ0) is 78.4. The zero-order valence-electron chi connectivity index (χ0n) is 63.0. The molecule has 584 valence electrons. The van der Waals surface area contributed by atoms with E-state index in [4.69, 9.17) is 52.1 Å². The first-order valence-corrected chi connectivity index (χ1v) is 37.6. The number of thiazole rings is 1. The van der Waals surface area contributed by atoms with Gasteiger partial charge in [-0.05, 0) is 81.5 Å². The molecule has 4 aliphatic rings. The molecule has 0 unspecified atom stereocenters. The number of carbonyl (C=O) groups excluding carboxylic acids is 8. The summed E-state index contributed by atoms with van der Waals surface area (Å²) in [4.78, 5) is 97.7. The molecule has 3 aromatic carbocycles. The number of benzene rings is 3. The van der Waals surface area contributed by atoms with E-state index in [-0.39, 0.29) is 90.4 Å². The van der Waals surface area contributed by atoms with Crippen LogP contribution in [0.3, 0.4) is 0 Å². The maximum Gasteiger partial charge on any atom is 0.338 e. The van der Waals surface area contributed by atoms with E-state index in [2.05, 4.69) is 29.5 Å². The van der Waals surface area contributed by atoms with Gasteiger partial charge in [0.15, 0.2) is 54.2 Å². The Hall–Kier alpha value is -7.26. The molecule has 5 N–H and O–H groups in total. The number of aliphatic hydroxyl groups excluding tert-OH is 3. The molecule has 4 saturated heterocycles. The third-order valence-electron chi connectivity index (χ3n) is 16.0. The van der Waals surface area contributed by atoms with E-state index in [1.165, 1.54) is 45.7 Å². The highest BCUT2D eigenvalue weighted by atomic mass is 32.2. The van der Waals surface area contributed by atoms with Crippen molar-refractivity contribution in [3.05, 3.63) is 120 Å². The monoisotopic (exact) mass is 1510 g/mol. The van der Waals surface area contributed by atoms with Gasteiger partial charge >= 0.3 is 23.9 Å². The van der Waals surface area contributed by atoms with E-state index in [0.717, 1.165) is 21.3 Å². The van der Waals surface area contributed by atoms with Crippen LogP contribution in [0.5, 0.6) is 0 Å². The number of aldehydes is 1. The van der Waals surface area contributed by atoms with Crippen LogP contribution in [0.4, 0.5) is 0 Å². The van der Waals surface area contributed by atoms with Gasteiger partial charge in [-0.2, -0.15) is 0 Å². The van der Waals surface area contributed by atoms with Crippen LogP contribution < -0.4 is 10.6 Å². The lowest BCUT2D eigenvalue weighted by molar-refractivity contribution is -0.318. The van der Waals surface area contributed by atoms with Gasteiger partial charge in [0.25, 0.3) is 0 Å². The predicted molar refractivity (Wildman–Crippen MR) is 389 cm³/mol. The van der Waals surface area contributed by atoms with Gasteiger partial charge in [-0.25, -0.2) is 23.0 Å². The molecule has 0 saturated carbocycles. The number of ketones is 1. The van der Waals surface area contributed by atoms with Crippen molar-refractivity contribution in [3.63, 3.8) is 0 Å². The Kier molecular flexibility index (Phi) is 37.9. The first-order chi connectivity index (χ1) is 49.5. The van der Waals surface area contributed by atoms with E-state index in [9.17, 15) is 62.1 Å². The van der Waals surface area contributed by atoms with E-state index in [0.29, 0.717) is 38.0 Å². The molecule has 27 nitrogen and oxygen atoms in total. The lowest BCUT2D eigenvalue weighted by Crippen LogP contribution is -2.55. The van der Waals surface area contributed by atoms with Crippen molar-refractivity contribution in [3.8, 4) is 0 Å². The fraction of sp³-hybridized carbons (Fsp3) is 0.592. The second kappa shape index (κ2) is 44.1. The number of amides is 2. The summed E-state index contributed by atoms with van der Waals surface area (Å²) in [6.45, 7) is 24.6. The molecule has 0 aliphatic carbocycles. The standard InChI is InChI=1S/C26H39NO8.C15H21NO3.C14H22O5.C11H13NO2S2.C10H14O6/c1-17(2)10-12-20(28)23(31)24(32)25(34-4)21(29)16-18(3)26(33)27-14-15-35-22(30)13-11-19-8-6-5-7-9-19;1-12(2)15(18)16-10-11-19-14(17)9-8-13-6-4-3-5-7-13;1-8(2)6-7-9-10-11(19-14(3,4)18-9)12(16-5)13(15)17-10;1-8(2)7-16(13,14)11-12-9-5-3-4-6-10(9)15-11;1-10(2)15-5(4-11)6-7(16-10)8(13-3)9(12)14-6/h5-10,12,17-18,20,23-25,28,31-32H,11,13-16H2,1-4H3,(H,27,33);3-7,12H,8-11H2,1-2H3,(H,16,18);6-12H,1-5H3;3-6,8H,7H2,1-2H3;4-8H,1-3H3/b12-10+;;7-6+;;/t18-,20-,23+,24-,25+;;9-,10+,11-,12-;;5-,6+,7-,8-/m1.1.1/s1. The average Bonchev–Trinajstić information content (AvgIpc) is 1.65. The highest BCUT2D eigenvalue weighted by Crippen LogP contribution is 2.38. The van der Waals surface area contributed by atoms with Crippen LogP contribution in [-0.2, 0) is 113 Å².